The fourth-order valence-electron chi connectivity index (χ4n) is 2.54. The maximum absolute atomic E-state index is 12.1. The molecule has 0 saturated carbocycles. The molecule has 0 unspecified atom stereocenters. The van der Waals surface area contributed by atoms with E-state index in [1.807, 2.05) is 54.6 Å². The van der Waals surface area contributed by atoms with Gasteiger partial charge in [-0.15, -0.1) is 0 Å². The fourth-order valence-corrected chi connectivity index (χ4v) is 2.54. The first-order valence-electron chi connectivity index (χ1n) is 8.78. The summed E-state index contributed by atoms with van der Waals surface area (Å²) in [6.07, 6.45) is 2.67. The highest BCUT2D eigenvalue weighted by molar-refractivity contribution is 5.90. The van der Waals surface area contributed by atoms with Crippen LogP contribution in [0.2, 0.25) is 0 Å². The topological polar surface area (TPSA) is 60.5 Å². The van der Waals surface area contributed by atoms with Crippen LogP contribution < -0.4 is 14.8 Å². The molecule has 0 aliphatic carbocycles. The summed E-state index contributed by atoms with van der Waals surface area (Å²) in [6, 6.07) is 21.2. The number of pyridine rings is 1. The number of methoxy groups -OCH3 is 1. The number of carbonyl (C=O) groups is 1. The van der Waals surface area contributed by atoms with Crippen LogP contribution in [0.15, 0.2) is 72.9 Å². The fraction of sp³-hybridized carbons (Fsp3) is 0.182. The number of amides is 1. The van der Waals surface area contributed by atoms with Crippen LogP contribution in [0.25, 0.3) is 0 Å². The van der Waals surface area contributed by atoms with Gasteiger partial charge >= 0.3 is 0 Å². The summed E-state index contributed by atoms with van der Waals surface area (Å²) in [6.45, 7) is 0.460. The Morgan fingerprint density at radius 3 is 2.41 bits per heavy atom. The first-order chi connectivity index (χ1) is 13.2. The zero-order valence-corrected chi connectivity index (χ0v) is 15.2. The number of nitrogens with one attached hydrogen (secondary N) is 1. The van der Waals surface area contributed by atoms with Crippen LogP contribution in [0.5, 0.6) is 11.6 Å². The molecule has 0 atom stereocenters. The van der Waals surface area contributed by atoms with Crippen molar-refractivity contribution in [1.82, 2.24) is 4.98 Å². The van der Waals surface area contributed by atoms with Gasteiger partial charge in [0.2, 0.25) is 11.8 Å². The third kappa shape index (κ3) is 5.85. The molecule has 0 aliphatic heterocycles. The Morgan fingerprint density at radius 1 is 0.963 bits per heavy atom. The van der Waals surface area contributed by atoms with E-state index in [0.29, 0.717) is 31.0 Å². The minimum absolute atomic E-state index is 0.0504. The number of hydrogen-bond donors (Lipinski definition) is 1. The SMILES string of the molecule is COc1ccc(CCC(=O)Nc2ccc(OCc3ccccc3)nc2)cc1. The lowest BCUT2D eigenvalue weighted by Crippen LogP contribution is -2.12. The summed E-state index contributed by atoms with van der Waals surface area (Å²) >= 11 is 0. The van der Waals surface area contributed by atoms with Crippen molar-refractivity contribution in [2.24, 2.45) is 0 Å². The van der Waals surface area contributed by atoms with Crippen molar-refractivity contribution in [2.75, 3.05) is 12.4 Å². The molecule has 5 nitrogen and oxygen atoms in total. The quantitative estimate of drug-likeness (QED) is 0.651. The van der Waals surface area contributed by atoms with Gasteiger partial charge in [-0.3, -0.25) is 4.79 Å². The van der Waals surface area contributed by atoms with Crippen LogP contribution in [-0.2, 0) is 17.8 Å². The lowest BCUT2D eigenvalue weighted by Gasteiger charge is -2.08. The average molecular weight is 362 g/mol. The van der Waals surface area contributed by atoms with Crippen molar-refractivity contribution >= 4 is 11.6 Å². The Hall–Kier alpha value is -3.34. The molecular formula is C22H22N2O3. The van der Waals surface area contributed by atoms with Crippen molar-refractivity contribution in [3.8, 4) is 11.6 Å². The summed E-state index contributed by atoms with van der Waals surface area (Å²) in [5.41, 5.74) is 2.82. The molecule has 1 heterocycles. The van der Waals surface area contributed by atoms with Gasteiger partial charge in [0.1, 0.15) is 12.4 Å². The van der Waals surface area contributed by atoms with Gasteiger partial charge in [-0.25, -0.2) is 4.98 Å². The molecule has 0 aliphatic rings. The van der Waals surface area contributed by atoms with Gasteiger partial charge in [-0.05, 0) is 35.7 Å². The molecule has 0 bridgehead atoms. The molecule has 5 heteroatoms. The zero-order chi connectivity index (χ0) is 18.9. The standard InChI is InChI=1S/C22H22N2O3/c1-26-20-11-7-17(8-12-20)9-13-21(25)24-19-10-14-22(23-15-19)27-16-18-5-3-2-4-6-18/h2-8,10-12,14-15H,9,13,16H2,1H3,(H,24,25). The Kier molecular flexibility index (Phi) is 6.41. The highest BCUT2D eigenvalue weighted by Crippen LogP contribution is 2.15. The van der Waals surface area contributed by atoms with E-state index in [4.69, 9.17) is 9.47 Å². The summed E-state index contributed by atoms with van der Waals surface area (Å²) in [5.74, 6) is 1.28. The highest BCUT2D eigenvalue weighted by atomic mass is 16.5. The molecule has 1 amide bonds. The van der Waals surface area contributed by atoms with E-state index in [1.54, 1.807) is 25.4 Å². The number of nitrogens with zero attached hydrogens (tertiary/aromatic N) is 1. The molecule has 0 saturated heterocycles. The van der Waals surface area contributed by atoms with Gasteiger partial charge in [0.05, 0.1) is 19.0 Å². The largest absolute Gasteiger partial charge is 0.497 e. The van der Waals surface area contributed by atoms with Crippen molar-refractivity contribution in [3.63, 3.8) is 0 Å². The van der Waals surface area contributed by atoms with E-state index in [2.05, 4.69) is 10.3 Å². The molecule has 1 aromatic heterocycles. The second-order valence-electron chi connectivity index (χ2n) is 6.06. The van der Waals surface area contributed by atoms with Crippen LogP contribution in [-0.4, -0.2) is 18.0 Å². The zero-order valence-electron chi connectivity index (χ0n) is 15.2. The second kappa shape index (κ2) is 9.38. The number of anilines is 1. The van der Waals surface area contributed by atoms with Crippen LogP contribution in [0.4, 0.5) is 5.69 Å². The molecule has 0 fully saturated rings. The minimum Gasteiger partial charge on any atom is -0.497 e. The number of hydrogen-bond acceptors (Lipinski definition) is 4. The van der Waals surface area contributed by atoms with E-state index in [0.717, 1.165) is 16.9 Å². The number of aromatic nitrogens is 1. The van der Waals surface area contributed by atoms with Crippen LogP contribution in [0.1, 0.15) is 17.5 Å². The van der Waals surface area contributed by atoms with Gasteiger partial charge in [-0.2, -0.15) is 0 Å². The Labute approximate surface area is 159 Å². The van der Waals surface area contributed by atoms with Crippen molar-refractivity contribution in [3.05, 3.63) is 84.1 Å². The molecule has 3 rings (SSSR count). The van der Waals surface area contributed by atoms with E-state index in [9.17, 15) is 4.79 Å². The van der Waals surface area contributed by atoms with Gasteiger partial charge < -0.3 is 14.8 Å². The lowest BCUT2D eigenvalue weighted by molar-refractivity contribution is -0.116. The molecule has 27 heavy (non-hydrogen) atoms. The summed E-state index contributed by atoms with van der Waals surface area (Å²) < 4.78 is 10.8. The van der Waals surface area contributed by atoms with E-state index >= 15 is 0 Å². The van der Waals surface area contributed by atoms with Crippen molar-refractivity contribution < 1.29 is 14.3 Å². The maximum atomic E-state index is 12.1. The number of ether oxygens (including phenoxy) is 2. The molecule has 138 valence electrons. The van der Waals surface area contributed by atoms with Gasteiger partial charge in [-0.1, -0.05) is 42.5 Å². The highest BCUT2D eigenvalue weighted by Gasteiger charge is 2.05. The van der Waals surface area contributed by atoms with Crippen LogP contribution >= 0.6 is 0 Å². The molecule has 1 N–H and O–H groups in total. The van der Waals surface area contributed by atoms with Gasteiger partial charge in [0, 0.05) is 12.5 Å². The molecule has 3 aromatic rings. The lowest BCUT2D eigenvalue weighted by atomic mass is 10.1. The third-order valence-electron chi connectivity index (χ3n) is 4.05. The second-order valence-corrected chi connectivity index (χ2v) is 6.06. The van der Waals surface area contributed by atoms with Crippen molar-refractivity contribution in [2.45, 2.75) is 19.4 Å². The number of aryl methyl sites for hydroxylation is 1. The third-order valence-corrected chi connectivity index (χ3v) is 4.05. The Bertz CT molecular complexity index is 847. The van der Waals surface area contributed by atoms with E-state index < -0.39 is 0 Å². The molecular weight excluding hydrogens is 340 g/mol. The number of rotatable bonds is 8. The summed E-state index contributed by atoms with van der Waals surface area (Å²) in [7, 11) is 1.63. The minimum atomic E-state index is -0.0504. The van der Waals surface area contributed by atoms with Gasteiger partial charge in [0.25, 0.3) is 0 Å². The molecule has 0 spiro atoms. The van der Waals surface area contributed by atoms with E-state index in [-0.39, 0.29) is 5.91 Å². The molecule has 2 aromatic carbocycles. The first kappa shape index (κ1) is 18.5. The predicted molar refractivity (Wildman–Crippen MR) is 105 cm³/mol. The smallest absolute Gasteiger partial charge is 0.224 e. The van der Waals surface area contributed by atoms with Crippen molar-refractivity contribution in [1.29, 1.82) is 0 Å². The average Bonchev–Trinajstić information content (AvgIpc) is 2.73. The first-order valence-corrected chi connectivity index (χ1v) is 8.78. The summed E-state index contributed by atoms with van der Waals surface area (Å²) in [4.78, 5) is 16.3. The normalized spacial score (nSPS) is 10.3. The number of benzene rings is 2. The van der Waals surface area contributed by atoms with E-state index in [1.165, 1.54) is 0 Å². The van der Waals surface area contributed by atoms with Crippen LogP contribution in [0, 0.1) is 0 Å². The predicted octanol–water partition coefficient (Wildman–Crippen LogP) is 4.24. The van der Waals surface area contributed by atoms with Crippen LogP contribution in [0.3, 0.4) is 0 Å². The monoisotopic (exact) mass is 362 g/mol. The molecule has 0 radical (unpaired) electrons. The summed E-state index contributed by atoms with van der Waals surface area (Å²) in [5, 5.41) is 2.85. The Morgan fingerprint density at radius 2 is 1.74 bits per heavy atom. The Balaban J connectivity index is 1.45. The number of carbonyl (C=O) groups excluding carboxylic acids is 1. The maximum Gasteiger partial charge on any atom is 0.224 e. The van der Waals surface area contributed by atoms with Gasteiger partial charge in [0.15, 0.2) is 0 Å².